The quantitative estimate of drug-likeness (QED) is 0.348. The van der Waals surface area contributed by atoms with E-state index in [-0.39, 0.29) is 34.0 Å². The van der Waals surface area contributed by atoms with Crippen LogP contribution in [-0.4, -0.2) is 23.7 Å². The number of pyridine rings is 1. The number of imidazole rings is 1. The number of rotatable bonds is 4. The molecule has 3 aromatic heterocycles. The standard InChI is InChI=1S/C26H23FN6O4/c1-12-4-8-17(16(27)10-12)28-22-20-21(13(2)23(34)31(22)3)32(26(37)33(24(20)35)14-5-6-14)15-7-9-18-19(11-15)30-25(36)29-18/h4,7-11,14,28H,5-6H2,1-3H3,(H2,29,30,36). The molecule has 0 radical (unpaired) electrons. The Morgan fingerprint density at radius 1 is 0.946 bits per heavy atom. The lowest BCUT2D eigenvalue weighted by atomic mass is 10.1. The zero-order valence-corrected chi connectivity index (χ0v) is 20.3. The first-order valence-electron chi connectivity index (χ1n) is 11.8. The van der Waals surface area contributed by atoms with Crippen LogP contribution in [0.1, 0.15) is 30.0 Å². The molecule has 10 nitrogen and oxygen atoms in total. The molecular formula is C26H23FN6O4. The van der Waals surface area contributed by atoms with Gasteiger partial charge in [0, 0.05) is 18.7 Å². The molecule has 0 unspecified atom stereocenters. The summed E-state index contributed by atoms with van der Waals surface area (Å²) in [6.07, 6.45) is 1.34. The fraction of sp³-hybridized carbons (Fsp3) is 0.231. The van der Waals surface area contributed by atoms with Crippen molar-refractivity contribution in [2.24, 2.45) is 7.05 Å². The fourth-order valence-corrected chi connectivity index (χ4v) is 4.86. The van der Waals surface area contributed by atoms with Gasteiger partial charge in [0.05, 0.1) is 27.9 Å². The van der Waals surface area contributed by atoms with Gasteiger partial charge < -0.3 is 15.3 Å². The highest BCUT2D eigenvalue weighted by molar-refractivity contribution is 5.94. The van der Waals surface area contributed by atoms with Gasteiger partial charge in [-0.25, -0.2) is 14.0 Å². The van der Waals surface area contributed by atoms with Crippen molar-refractivity contribution in [1.82, 2.24) is 23.7 Å². The molecule has 2 aromatic carbocycles. The number of aromatic nitrogens is 5. The molecule has 1 aliphatic rings. The molecule has 0 amide bonds. The summed E-state index contributed by atoms with van der Waals surface area (Å²) in [7, 11) is 1.50. The van der Waals surface area contributed by atoms with Crippen LogP contribution in [0.25, 0.3) is 27.6 Å². The molecule has 3 heterocycles. The third kappa shape index (κ3) is 3.45. The normalized spacial score (nSPS) is 13.5. The van der Waals surface area contributed by atoms with Crippen molar-refractivity contribution in [3.8, 4) is 5.69 Å². The highest BCUT2D eigenvalue weighted by atomic mass is 19.1. The maximum Gasteiger partial charge on any atom is 0.336 e. The van der Waals surface area contributed by atoms with Crippen molar-refractivity contribution < 1.29 is 4.39 Å². The van der Waals surface area contributed by atoms with E-state index < -0.39 is 28.3 Å². The predicted octanol–water partition coefficient (Wildman–Crippen LogP) is 2.86. The molecule has 37 heavy (non-hydrogen) atoms. The molecule has 6 rings (SSSR count). The number of H-pyrrole nitrogens is 2. The van der Waals surface area contributed by atoms with Gasteiger partial charge in [-0.05, 0) is 62.6 Å². The van der Waals surface area contributed by atoms with E-state index in [4.69, 9.17) is 0 Å². The maximum atomic E-state index is 14.8. The molecule has 0 saturated heterocycles. The van der Waals surface area contributed by atoms with Gasteiger partial charge >= 0.3 is 11.4 Å². The van der Waals surface area contributed by atoms with E-state index in [9.17, 15) is 23.6 Å². The fourth-order valence-electron chi connectivity index (χ4n) is 4.86. The van der Waals surface area contributed by atoms with Gasteiger partial charge in [-0.3, -0.25) is 23.3 Å². The minimum atomic E-state index is -0.582. The number of halogens is 1. The molecule has 0 bridgehead atoms. The number of nitrogens with zero attached hydrogens (tertiary/aromatic N) is 3. The van der Waals surface area contributed by atoms with Crippen LogP contribution in [0.2, 0.25) is 0 Å². The first kappa shape index (κ1) is 22.8. The van der Waals surface area contributed by atoms with Crippen LogP contribution in [0.5, 0.6) is 0 Å². The minimum absolute atomic E-state index is 0.0811. The number of nitrogens with one attached hydrogen (secondary N) is 3. The van der Waals surface area contributed by atoms with Crippen molar-refractivity contribution in [3.63, 3.8) is 0 Å². The van der Waals surface area contributed by atoms with Gasteiger partial charge in [0.1, 0.15) is 17.0 Å². The maximum absolute atomic E-state index is 14.8. The van der Waals surface area contributed by atoms with Crippen LogP contribution in [0.15, 0.2) is 55.6 Å². The van der Waals surface area contributed by atoms with E-state index in [1.54, 1.807) is 38.1 Å². The summed E-state index contributed by atoms with van der Waals surface area (Å²) in [6, 6.07) is 9.22. The third-order valence-electron chi connectivity index (χ3n) is 6.89. The van der Waals surface area contributed by atoms with Crippen LogP contribution >= 0.6 is 0 Å². The Morgan fingerprint density at radius 3 is 2.38 bits per heavy atom. The molecule has 1 saturated carbocycles. The minimum Gasteiger partial charge on any atom is -0.338 e. The summed E-state index contributed by atoms with van der Waals surface area (Å²) >= 11 is 0. The number of hydrogen-bond donors (Lipinski definition) is 3. The largest absolute Gasteiger partial charge is 0.338 e. The van der Waals surface area contributed by atoms with Gasteiger partial charge in [0.15, 0.2) is 0 Å². The van der Waals surface area contributed by atoms with Crippen molar-refractivity contribution in [3.05, 3.63) is 95.0 Å². The van der Waals surface area contributed by atoms with Gasteiger partial charge in [-0.2, -0.15) is 0 Å². The topological polar surface area (TPSA) is 127 Å². The molecule has 0 atom stereocenters. The smallest absolute Gasteiger partial charge is 0.336 e. The number of benzene rings is 2. The third-order valence-corrected chi connectivity index (χ3v) is 6.89. The second kappa shape index (κ2) is 7.92. The Bertz CT molecular complexity index is 2010. The summed E-state index contributed by atoms with van der Waals surface area (Å²) in [5.41, 5.74) is 0.523. The first-order chi connectivity index (χ1) is 17.7. The summed E-state index contributed by atoms with van der Waals surface area (Å²) in [4.78, 5) is 58.1. The monoisotopic (exact) mass is 502 g/mol. The SMILES string of the molecule is Cc1ccc(Nc2c3c(=O)n(C4CC4)c(=O)n(-c4ccc5[nH]c(=O)[nH]c5c4)c3c(C)c(=O)n2C)c(F)c1. The Balaban J connectivity index is 1.76. The van der Waals surface area contributed by atoms with Crippen molar-refractivity contribution in [2.75, 3.05) is 5.32 Å². The van der Waals surface area contributed by atoms with Crippen LogP contribution in [0.3, 0.4) is 0 Å². The second-order valence-corrected chi connectivity index (χ2v) is 9.50. The van der Waals surface area contributed by atoms with Crippen molar-refractivity contribution >= 4 is 33.4 Å². The molecule has 0 aliphatic heterocycles. The van der Waals surface area contributed by atoms with Gasteiger partial charge in [0.25, 0.3) is 11.1 Å². The molecule has 188 valence electrons. The summed E-state index contributed by atoms with van der Waals surface area (Å²) in [5, 5.41) is 3.04. The van der Waals surface area contributed by atoms with E-state index in [0.717, 1.165) is 0 Å². The van der Waals surface area contributed by atoms with Gasteiger partial charge in [-0.15, -0.1) is 0 Å². The second-order valence-electron chi connectivity index (χ2n) is 9.50. The Labute approximate surface area is 207 Å². The Kier molecular flexibility index (Phi) is 4.87. The molecule has 5 aromatic rings. The van der Waals surface area contributed by atoms with Crippen LogP contribution < -0.4 is 27.8 Å². The average molecular weight is 503 g/mol. The number of aryl methyl sites for hydroxylation is 2. The summed E-state index contributed by atoms with van der Waals surface area (Å²) < 4.78 is 18.6. The number of fused-ring (bicyclic) bond motifs is 2. The van der Waals surface area contributed by atoms with Crippen LogP contribution in [0.4, 0.5) is 15.9 Å². The lowest BCUT2D eigenvalue weighted by Gasteiger charge is -2.20. The van der Waals surface area contributed by atoms with Crippen molar-refractivity contribution in [2.45, 2.75) is 32.7 Å². The predicted molar refractivity (Wildman–Crippen MR) is 139 cm³/mol. The first-order valence-corrected chi connectivity index (χ1v) is 11.8. The van der Waals surface area contributed by atoms with Crippen LogP contribution in [0, 0.1) is 19.7 Å². The molecule has 11 heteroatoms. The summed E-state index contributed by atoms with van der Waals surface area (Å²) in [5.74, 6) is -0.462. The van der Waals surface area contributed by atoms with E-state index in [1.165, 1.54) is 32.9 Å². The van der Waals surface area contributed by atoms with E-state index in [1.807, 2.05) is 0 Å². The number of anilines is 2. The summed E-state index contributed by atoms with van der Waals surface area (Å²) in [6.45, 7) is 3.31. The molecule has 0 spiro atoms. The van der Waals surface area contributed by atoms with Gasteiger partial charge in [0.2, 0.25) is 0 Å². The molecule has 1 aliphatic carbocycles. The zero-order valence-electron chi connectivity index (χ0n) is 20.3. The Morgan fingerprint density at radius 2 is 1.68 bits per heavy atom. The lowest BCUT2D eigenvalue weighted by molar-refractivity contribution is 0.630. The van der Waals surface area contributed by atoms with Crippen LogP contribution in [-0.2, 0) is 7.05 Å². The number of aromatic amines is 2. The number of hydrogen-bond acceptors (Lipinski definition) is 5. The molecule has 1 fully saturated rings. The average Bonchev–Trinajstić information content (AvgIpc) is 3.61. The Hall–Kier alpha value is -4.67. The van der Waals surface area contributed by atoms with Gasteiger partial charge in [-0.1, -0.05) is 6.07 Å². The zero-order chi connectivity index (χ0) is 26.2. The van der Waals surface area contributed by atoms with E-state index >= 15 is 0 Å². The molecule has 3 N–H and O–H groups in total. The highest BCUT2D eigenvalue weighted by Crippen LogP contribution is 2.34. The molecular weight excluding hydrogens is 479 g/mol. The van der Waals surface area contributed by atoms with E-state index in [0.29, 0.717) is 35.1 Å². The highest BCUT2D eigenvalue weighted by Gasteiger charge is 2.31. The lowest BCUT2D eigenvalue weighted by Crippen LogP contribution is -2.41. The van der Waals surface area contributed by atoms with Crippen molar-refractivity contribution in [1.29, 1.82) is 0 Å². The van der Waals surface area contributed by atoms with E-state index in [2.05, 4.69) is 15.3 Å².